The van der Waals surface area contributed by atoms with Crippen LogP contribution in [-0.4, -0.2) is 18.3 Å². The predicted octanol–water partition coefficient (Wildman–Crippen LogP) is 2.76. The molecule has 0 aromatic rings. The molecule has 0 amide bonds. The summed E-state index contributed by atoms with van der Waals surface area (Å²) in [6, 6.07) is 0.496. The predicted molar refractivity (Wildman–Crippen MR) is 60.3 cm³/mol. The summed E-state index contributed by atoms with van der Waals surface area (Å²) >= 11 is 0. The average Bonchev–Trinajstić information content (AvgIpc) is 1.98. The zero-order valence-electron chi connectivity index (χ0n) is 9.52. The molecule has 2 nitrogen and oxygen atoms in total. The van der Waals surface area contributed by atoms with Crippen LogP contribution in [0.25, 0.3) is 0 Å². The summed E-state index contributed by atoms with van der Waals surface area (Å²) in [4.78, 5) is 4.39. The van der Waals surface area contributed by atoms with Crippen molar-refractivity contribution in [3.8, 4) is 0 Å². The lowest BCUT2D eigenvalue weighted by molar-refractivity contribution is 0.670. The van der Waals surface area contributed by atoms with E-state index in [9.17, 15) is 0 Å². The molecule has 0 aliphatic heterocycles. The summed E-state index contributed by atoms with van der Waals surface area (Å²) in [5.74, 6) is 0. The summed E-state index contributed by atoms with van der Waals surface area (Å²) in [5.41, 5.74) is 2.29. The van der Waals surface area contributed by atoms with Crippen LogP contribution >= 0.6 is 0 Å². The van der Waals surface area contributed by atoms with E-state index in [4.69, 9.17) is 0 Å². The van der Waals surface area contributed by atoms with Crippen LogP contribution in [-0.2, 0) is 0 Å². The van der Waals surface area contributed by atoms with Crippen LogP contribution in [0.2, 0.25) is 0 Å². The van der Waals surface area contributed by atoms with Gasteiger partial charge in [0.1, 0.15) is 0 Å². The molecular weight excluding hydrogens is 160 g/mol. The molecule has 0 bridgehead atoms. The minimum Gasteiger partial charge on any atom is -0.386 e. The maximum atomic E-state index is 4.39. The van der Waals surface area contributed by atoms with Crippen LogP contribution in [0.5, 0.6) is 0 Å². The lowest BCUT2D eigenvalue weighted by Gasteiger charge is -2.09. The summed E-state index contributed by atoms with van der Waals surface area (Å²) in [5, 5.41) is 3.33. The molecule has 0 spiro atoms. The minimum atomic E-state index is 0.496. The third kappa shape index (κ3) is 7.57. The van der Waals surface area contributed by atoms with E-state index in [0.717, 1.165) is 18.7 Å². The van der Waals surface area contributed by atoms with Gasteiger partial charge in [-0.3, -0.25) is 4.99 Å². The van der Waals surface area contributed by atoms with Crippen molar-refractivity contribution in [3.05, 3.63) is 11.8 Å². The fraction of sp³-hybridized carbons (Fsp3) is 0.727. The van der Waals surface area contributed by atoms with Crippen molar-refractivity contribution in [2.24, 2.45) is 4.99 Å². The third-order valence-corrected chi connectivity index (χ3v) is 1.53. The van der Waals surface area contributed by atoms with Crippen molar-refractivity contribution >= 4 is 5.71 Å². The first-order valence-electron chi connectivity index (χ1n) is 5.02. The molecule has 0 heterocycles. The van der Waals surface area contributed by atoms with Crippen molar-refractivity contribution in [1.29, 1.82) is 0 Å². The van der Waals surface area contributed by atoms with E-state index in [1.54, 1.807) is 0 Å². The van der Waals surface area contributed by atoms with Gasteiger partial charge in [-0.1, -0.05) is 6.92 Å². The molecule has 0 unspecified atom stereocenters. The highest BCUT2D eigenvalue weighted by Gasteiger charge is 1.92. The largest absolute Gasteiger partial charge is 0.386 e. The molecule has 13 heavy (non-hydrogen) atoms. The van der Waals surface area contributed by atoms with Crippen molar-refractivity contribution in [2.75, 3.05) is 6.54 Å². The lowest BCUT2D eigenvalue weighted by Crippen LogP contribution is -2.20. The normalized spacial score (nSPS) is 13.7. The Labute approximate surface area is 82.1 Å². The zero-order chi connectivity index (χ0) is 10.3. The van der Waals surface area contributed by atoms with Gasteiger partial charge in [0.05, 0.1) is 0 Å². The monoisotopic (exact) mass is 182 g/mol. The number of hydrogen-bond donors (Lipinski definition) is 1. The number of allylic oxidation sites excluding steroid dienone is 2. The van der Waals surface area contributed by atoms with Gasteiger partial charge < -0.3 is 5.32 Å². The molecule has 76 valence electrons. The molecule has 0 rings (SSSR count). The Hall–Kier alpha value is -0.790. The zero-order valence-corrected chi connectivity index (χ0v) is 9.52. The Morgan fingerprint density at radius 3 is 2.46 bits per heavy atom. The van der Waals surface area contributed by atoms with E-state index in [2.05, 4.69) is 44.1 Å². The Kier molecular flexibility index (Phi) is 6.29. The third-order valence-electron chi connectivity index (χ3n) is 1.53. The first-order valence-corrected chi connectivity index (χ1v) is 5.02. The highest BCUT2D eigenvalue weighted by Crippen LogP contribution is 1.93. The fourth-order valence-corrected chi connectivity index (χ4v) is 1.14. The first-order chi connectivity index (χ1) is 6.06. The van der Waals surface area contributed by atoms with E-state index < -0.39 is 0 Å². The second-order valence-electron chi connectivity index (χ2n) is 3.65. The van der Waals surface area contributed by atoms with Crippen LogP contribution in [0.1, 0.15) is 41.0 Å². The summed E-state index contributed by atoms with van der Waals surface area (Å²) < 4.78 is 0. The lowest BCUT2D eigenvalue weighted by atomic mass is 10.3. The van der Waals surface area contributed by atoms with Gasteiger partial charge in [-0.15, -0.1) is 0 Å². The maximum absolute atomic E-state index is 4.39. The van der Waals surface area contributed by atoms with Gasteiger partial charge in [0.2, 0.25) is 0 Å². The molecule has 0 fully saturated rings. The SMILES string of the molecule is CCCN=C(C)/C=C(/C)NC(C)C. The summed E-state index contributed by atoms with van der Waals surface area (Å²) in [6.45, 7) is 11.5. The number of rotatable bonds is 5. The smallest absolute Gasteiger partial charge is 0.0389 e. The average molecular weight is 182 g/mol. The second kappa shape index (κ2) is 6.70. The minimum absolute atomic E-state index is 0.496. The molecule has 0 aromatic carbocycles. The number of hydrogen-bond acceptors (Lipinski definition) is 2. The van der Waals surface area contributed by atoms with Crippen LogP contribution in [0.4, 0.5) is 0 Å². The quantitative estimate of drug-likeness (QED) is 0.650. The van der Waals surface area contributed by atoms with Crippen LogP contribution < -0.4 is 5.32 Å². The second-order valence-corrected chi connectivity index (χ2v) is 3.65. The topological polar surface area (TPSA) is 24.4 Å². The van der Waals surface area contributed by atoms with E-state index >= 15 is 0 Å². The Bertz CT molecular complexity index is 190. The summed E-state index contributed by atoms with van der Waals surface area (Å²) in [6.07, 6.45) is 3.21. The van der Waals surface area contributed by atoms with Gasteiger partial charge in [-0.05, 0) is 40.2 Å². The van der Waals surface area contributed by atoms with Crippen LogP contribution in [0.15, 0.2) is 16.8 Å². The number of nitrogens with zero attached hydrogens (tertiary/aromatic N) is 1. The molecular formula is C11H22N2. The summed E-state index contributed by atoms with van der Waals surface area (Å²) in [7, 11) is 0. The highest BCUT2D eigenvalue weighted by molar-refractivity contribution is 5.93. The van der Waals surface area contributed by atoms with Crippen LogP contribution in [0, 0.1) is 0 Å². The van der Waals surface area contributed by atoms with Crippen molar-refractivity contribution in [3.63, 3.8) is 0 Å². The van der Waals surface area contributed by atoms with Crippen molar-refractivity contribution in [1.82, 2.24) is 5.32 Å². The van der Waals surface area contributed by atoms with Gasteiger partial charge in [-0.2, -0.15) is 0 Å². The molecule has 2 heteroatoms. The molecule has 0 aliphatic carbocycles. The molecule has 1 N–H and O–H groups in total. The molecule has 0 radical (unpaired) electrons. The van der Waals surface area contributed by atoms with Gasteiger partial charge >= 0.3 is 0 Å². The van der Waals surface area contributed by atoms with Gasteiger partial charge in [0, 0.05) is 24.0 Å². The molecule has 0 saturated heterocycles. The molecule has 0 aliphatic rings. The molecule has 0 aromatic heterocycles. The van der Waals surface area contributed by atoms with Crippen molar-refractivity contribution < 1.29 is 0 Å². The number of nitrogens with one attached hydrogen (secondary N) is 1. The molecule has 0 atom stereocenters. The van der Waals surface area contributed by atoms with Gasteiger partial charge in [0.15, 0.2) is 0 Å². The van der Waals surface area contributed by atoms with E-state index in [1.807, 2.05) is 6.92 Å². The van der Waals surface area contributed by atoms with Gasteiger partial charge in [-0.25, -0.2) is 0 Å². The Balaban J connectivity index is 4.05. The van der Waals surface area contributed by atoms with E-state index in [1.165, 1.54) is 5.70 Å². The standard InChI is InChI=1S/C11H22N2/c1-6-7-12-10(4)8-11(5)13-9(2)3/h8-9,13H,6-7H2,1-5H3/b11-8-,12-10?. The van der Waals surface area contributed by atoms with Crippen LogP contribution in [0.3, 0.4) is 0 Å². The fourth-order valence-electron chi connectivity index (χ4n) is 1.14. The Morgan fingerprint density at radius 2 is 2.00 bits per heavy atom. The van der Waals surface area contributed by atoms with Crippen molar-refractivity contribution in [2.45, 2.75) is 47.1 Å². The van der Waals surface area contributed by atoms with Gasteiger partial charge in [0.25, 0.3) is 0 Å². The first kappa shape index (κ1) is 12.2. The highest BCUT2D eigenvalue weighted by atomic mass is 14.9. The maximum Gasteiger partial charge on any atom is 0.0389 e. The number of aliphatic imine (C=N–C) groups is 1. The Morgan fingerprint density at radius 1 is 1.38 bits per heavy atom. The van der Waals surface area contributed by atoms with E-state index in [-0.39, 0.29) is 0 Å². The van der Waals surface area contributed by atoms with E-state index in [0.29, 0.717) is 6.04 Å². The molecule has 0 saturated carbocycles.